The molecule has 0 radical (unpaired) electrons. The first kappa shape index (κ1) is 12.9. The van der Waals surface area contributed by atoms with Crippen LogP contribution in [0.15, 0.2) is 39.2 Å². The number of hydrogen-bond acceptors (Lipinski definition) is 3. The van der Waals surface area contributed by atoms with E-state index in [0.717, 1.165) is 21.5 Å². The fourth-order valence-corrected chi connectivity index (χ4v) is 2.09. The Bertz CT molecular complexity index is 572. The molecule has 0 saturated carbocycles. The van der Waals surface area contributed by atoms with E-state index in [2.05, 4.69) is 15.9 Å². The normalized spacial score (nSPS) is 10.4. The number of ketones is 1. The van der Waals surface area contributed by atoms with Crippen molar-refractivity contribution in [3.8, 4) is 17.1 Å². The van der Waals surface area contributed by atoms with E-state index in [-0.39, 0.29) is 5.78 Å². The SMILES string of the molecule is COc1cc(-c2ccc(CC(C)=O)o2)ccc1Br. The second kappa shape index (κ2) is 5.40. The molecule has 4 heteroatoms. The molecular weight excluding hydrogens is 296 g/mol. The van der Waals surface area contributed by atoms with Gasteiger partial charge in [0.1, 0.15) is 23.1 Å². The number of carbonyl (C=O) groups is 1. The van der Waals surface area contributed by atoms with Crippen LogP contribution in [0.3, 0.4) is 0 Å². The zero-order chi connectivity index (χ0) is 13.1. The van der Waals surface area contributed by atoms with Gasteiger partial charge in [-0.25, -0.2) is 0 Å². The number of ether oxygens (including phenoxy) is 1. The van der Waals surface area contributed by atoms with Crippen LogP contribution in [0.25, 0.3) is 11.3 Å². The third-order valence-electron chi connectivity index (χ3n) is 2.52. The summed E-state index contributed by atoms with van der Waals surface area (Å²) in [6.45, 7) is 1.55. The van der Waals surface area contributed by atoms with Crippen LogP contribution in [0.1, 0.15) is 12.7 Å². The molecule has 2 rings (SSSR count). The van der Waals surface area contributed by atoms with Crippen LogP contribution >= 0.6 is 15.9 Å². The highest BCUT2D eigenvalue weighted by Gasteiger charge is 2.09. The van der Waals surface area contributed by atoms with Crippen LogP contribution in [-0.4, -0.2) is 12.9 Å². The van der Waals surface area contributed by atoms with Crippen molar-refractivity contribution in [1.82, 2.24) is 0 Å². The van der Waals surface area contributed by atoms with E-state index < -0.39 is 0 Å². The number of carbonyl (C=O) groups excluding carboxylic acids is 1. The highest BCUT2D eigenvalue weighted by Crippen LogP contribution is 2.31. The minimum atomic E-state index is 0.0873. The predicted molar refractivity (Wildman–Crippen MR) is 72.8 cm³/mol. The third-order valence-corrected chi connectivity index (χ3v) is 3.18. The largest absolute Gasteiger partial charge is 0.496 e. The molecule has 0 N–H and O–H groups in total. The average molecular weight is 309 g/mol. The highest BCUT2D eigenvalue weighted by atomic mass is 79.9. The van der Waals surface area contributed by atoms with Crippen LogP contribution in [0.4, 0.5) is 0 Å². The molecule has 18 heavy (non-hydrogen) atoms. The topological polar surface area (TPSA) is 39.4 Å². The Morgan fingerprint density at radius 2 is 2.11 bits per heavy atom. The van der Waals surface area contributed by atoms with Crippen LogP contribution in [0, 0.1) is 0 Å². The van der Waals surface area contributed by atoms with Gasteiger partial charge in [0, 0.05) is 5.56 Å². The molecule has 0 saturated heterocycles. The molecule has 1 heterocycles. The monoisotopic (exact) mass is 308 g/mol. The van der Waals surface area contributed by atoms with Gasteiger partial charge >= 0.3 is 0 Å². The van der Waals surface area contributed by atoms with E-state index in [1.807, 2.05) is 30.3 Å². The second-order valence-electron chi connectivity index (χ2n) is 3.99. The van der Waals surface area contributed by atoms with E-state index in [1.54, 1.807) is 14.0 Å². The number of halogens is 1. The molecular formula is C14H13BrO3. The van der Waals surface area contributed by atoms with Gasteiger partial charge in [0.25, 0.3) is 0 Å². The maximum absolute atomic E-state index is 11.0. The molecule has 0 aliphatic rings. The van der Waals surface area contributed by atoms with E-state index in [0.29, 0.717) is 12.2 Å². The van der Waals surface area contributed by atoms with Gasteiger partial charge in [0.05, 0.1) is 18.0 Å². The lowest BCUT2D eigenvalue weighted by Gasteiger charge is -2.04. The van der Waals surface area contributed by atoms with Gasteiger partial charge in [-0.1, -0.05) is 0 Å². The summed E-state index contributed by atoms with van der Waals surface area (Å²) in [5, 5.41) is 0. The van der Waals surface area contributed by atoms with Crippen molar-refractivity contribution in [2.45, 2.75) is 13.3 Å². The zero-order valence-corrected chi connectivity index (χ0v) is 11.8. The summed E-state index contributed by atoms with van der Waals surface area (Å²) in [6.07, 6.45) is 0.327. The van der Waals surface area contributed by atoms with E-state index >= 15 is 0 Å². The first-order valence-corrected chi connectivity index (χ1v) is 6.31. The van der Waals surface area contributed by atoms with Gasteiger partial charge in [-0.3, -0.25) is 4.79 Å². The maximum atomic E-state index is 11.0. The molecule has 0 atom stereocenters. The summed E-state index contributed by atoms with van der Waals surface area (Å²) >= 11 is 3.40. The lowest BCUT2D eigenvalue weighted by Crippen LogP contribution is -1.93. The molecule has 3 nitrogen and oxygen atoms in total. The van der Waals surface area contributed by atoms with Crippen molar-refractivity contribution in [2.24, 2.45) is 0 Å². The van der Waals surface area contributed by atoms with Crippen LogP contribution in [0.5, 0.6) is 5.75 Å². The Labute approximate surface area is 114 Å². The number of benzene rings is 1. The van der Waals surface area contributed by atoms with Gasteiger partial charge in [-0.2, -0.15) is 0 Å². The number of methoxy groups -OCH3 is 1. The van der Waals surface area contributed by atoms with Crippen molar-refractivity contribution < 1.29 is 13.9 Å². The summed E-state index contributed by atoms with van der Waals surface area (Å²) in [6, 6.07) is 9.41. The van der Waals surface area contributed by atoms with Crippen LogP contribution < -0.4 is 4.74 Å². The average Bonchev–Trinajstić information content (AvgIpc) is 2.77. The molecule has 0 bridgehead atoms. The number of hydrogen-bond donors (Lipinski definition) is 0. The van der Waals surface area contributed by atoms with Crippen molar-refractivity contribution in [1.29, 1.82) is 0 Å². The minimum absolute atomic E-state index is 0.0873. The van der Waals surface area contributed by atoms with Gasteiger partial charge < -0.3 is 9.15 Å². The smallest absolute Gasteiger partial charge is 0.137 e. The Morgan fingerprint density at radius 3 is 2.78 bits per heavy atom. The van der Waals surface area contributed by atoms with Gasteiger partial charge in [-0.05, 0) is 53.2 Å². The zero-order valence-electron chi connectivity index (χ0n) is 10.2. The van der Waals surface area contributed by atoms with E-state index in [4.69, 9.17) is 9.15 Å². The molecule has 0 aliphatic heterocycles. The van der Waals surface area contributed by atoms with Gasteiger partial charge in [0.2, 0.25) is 0 Å². The van der Waals surface area contributed by atoms with Crippen molar-refractivity contribution >= 4 is 21.7 Å². The summed E-state index contributed by atoms with van der Waals surface area (Å²) in [4.78, 5) is 11.0. The lowest BCUT2D eigenvalue weighted by molar-refractivity contribution is -0.116. The summed E-state index contributed by atoms with van der Waals surface area (Å²) in [5.41, 5.74) is 0.921. The molecule has 1 aromatic heterocycles. The van der Waals surface area contributed by atoms with E-state index in [1.165, 1.54) is 0 Å². The standard InChI is InChI=1S/C14H13BrO3/c1-9(16)7-11-4-6-13(18-11)10-3-5-12(15)14(8-10)17-2/h3-6,8H,7H2,1-2H3. The van der Waals surface area contributed by atoms with Crippen LogP contribution in [0.2, 0.25) is 0 Å². The number of Topliss-reactive ketones (excluding diaryl/α,β-unsaturated/α-hetero) is 1. The van der Waals surface area contributed by atoms with Crippen molar-refractivity contribution in [2.75, 3.05) is 7.11 Å². The highest BCUT2D eigenvalue weighted by molar-refractivity contribution is 9.10. The molecule has 0 spiro atoms. The van der Waals surface area contributed by atoms with Crippen molar-refractivity contribution in [3.05, 3.63) is 40.6 Å². The summed E-state index contributed by atoms with van der Waals surface area (Å²) in [5.74, 6) is 2.25. The molecule has 94 valence electrons. The summed E-state index contributed by atoms with van der Waals surface area (Å²) in [7, 11) is 1.62. The first-order chi connectivity index (χ1) is 8.60. The minimum Gasteiger partial charge on any atom is -0.496 e. The van der Waals surface area contributed by atoms with Crippen molar-refractivity contribution in [3.63, 3.8) is 0 Å². The Morgan fingerprint density at radius 1 is 1.33 bits per heavy atom. The maximum Gasteiger partial charge on any atom is 0.137 e. The lowest BCUT2D eigenvalue weighted by atomic mass is 10.1. The fraction of sp³-hybridized carbons (Fsp3) is 0.214. The molecule has 0 fully saturated rings. The first-order valence-electron chi connectivity index (χ1n) is 5.52. The Balaban J connectivity index is 2.31. The fourth-order valence-electron chi connectivity index (χ4n) is 1.69. The quantitative estimate of drug-likeness (QED) is 0.861. The van der Waals surface area contributed by atoms with E-state index in [9.17, 15) is 4.79 Å². The Hall–Kier alpha value is -1.55. The van der Waals surface area contributed by atoms with Crippen LogP contribution in [-0.2, 0) is 11.2 Å². The molecule has 1 aromatic carbocycles. The number of rotatable bonds is 4. The second-order valence-corrected chi connectivity index (χ2v) is 4.85. The molecule has 2 aromatic rings. The third kappa shape index (κ3) is 2.82. The Kier molecular flexibility index (Phi) is 3.87. The summed E-state index contributed by atoms with van der Waals surface area (Å²) < 4.78 is 11.8. The van der Waals surface area contributed by atoms with Gasteiger partial charge in [0.15, 0.2) is 0 Å². The molecule has 0 amide bonds. The molecule has 0 unspecified atom stereocenters. The predicted octanol–water partition coefficient (Wildman–Crippen LogP) is 3.85. The molecule has 0 aliphatic carbocycles. The van der Waals surface area contributed by atoms with Gasteiger partial charge in [-0.15, -0.1) is 0 Å². The number of furan rings is 1.